The number of nitrogens with zero attached hydrogens (tertiary/aromatic N) is 3. The highest BCUT2D eigenvalue weighted by atomic mass is 15.0. The van der Waals surface area contributed by atoms with Crippen LogP contribution in [0.5, 0.6) is 0 Å². The van der Waals surface area contributed by atoms with Crippen LogP contribution in [-0.4, -0.2) is 14.5 Å². The van der Waals surface area contributed by atoms with Crippen LogP contribution in [-0.2, 0) is 5.41 Å². The molecular formula is C28H25N3. The molecule has 1 aliphatic rings. The molecule has 0 fully saturated rings. The summed E-state index contributed by atoms with van der Waals surface area (Å²) in [5.41, 5.74) is 11.6. The van der Waals surface area contributed by atoms with Crippen molar-refractivity contribution in [1.82, 2.24) is 14.5 Å². The van der Waals surface area contributed by atoms with Crippen molar-refractivity contribution in [3.8, 4) is 16.9 Å². The van der Waals surface area contributed by atoms with Crippen molar-refractivity contribution in [3.05, 3.63) is 88.9 Å². The lowest BCUT2D eigenvalue weighted by Gasteiger charge is -2.20. The summed E-state index contributed by atoms with van der Waals surface area (Å²) < 4.78 is 2.40. The van der Waals surface area contributed by atoms with Crippen LogP contribution in [0.1, 0.15) is 41.9 Å². The number of rotatable bonds is 1. The van der Waals surface area contributed by atoms with Crippen molar-refractivity contribution >= 4 is 21.8 Å². The molecule has 0 amide bonds. The van der Waals surface area contributed by atoms with Gasteiger partial charge in [0.1, 0.15) is 0 Å². The molecule has 3 aromatic carbocycles. The first-order valence-electron chi connectivity index (χ1n) is 10.9. The van der Waals surface area contributed by atoms with E-state index in [-0.39, 0.29) is 5.41 Å². The first-order valence-corrected chi connectivity index (χ1v) is 10.9. The third-order valence-electron chi connectivity index (χ3n) is 6.77. The smallest absolute Gasteiger partial charge is 0.0929 e. The van der Waals surface area contributed by atoms with E-state index >= 15 is 0 Å². The molecule has 0 bridgehead atoms. The molecular weight excluding hydrogens is 378 g/mol. The Bertz CT molecular complexity index is 1520. The maximum atomic E-state index is 4.89. The minimum absolute atomic E-state index is 0.178. The van der Waals surface area contributed by atoms with E-state index in [2.05, 4.69) is 86.9 Å². The molecule has 0 atom stereocenters. The van der Waals surface area contributed by atoms with E-state index in [0.717, 1.165) is 17.1 Å². The summed E-state index contributed by atoms with van der Waals surface area (Å²) in [5.74, 6) is 0. The highest BCUT2D eigenvalue weighted by molar-refractivity contribution is 6.11. The van der Waals surface area contributed by atoms with Gasteiger partial charge in [0, 0.05) is 33.6 Å². The SMILES string of the molecule is Cc1ccc(-n2c3ccc(C)cc3c3cc4c(cc32)C(C)(C)c2nc(C)cnc2-4)cc1. The van der Waals surface area contributed by atoms with E-state index in [0.29, 0.717) is 0 Å². The van der Waals surface area contributed by atoms with Crippen LogP contribution in [0.2, 0.25) is 0 Å². The van der Waals surface area contributed by atoms with Gasteiger partial charge in [0.15, 0.2) is 0 Å². The van der Waals surface area contributed by atoms with E-state index in [1.165, 1.54) is 49.7 Å². The molecule has 0 saturated heterocycles. The molecule has 3 nitrogen and oxygen atoms in total. The van der Waals surface area contributed by atoms with Gasteiger partial charge in [-0.1, -0.05) is 43.2 Å². The summed E-state index contributed by atoms with van der Waals surface area (Å²) in [6.45, 7) is 10.8. The van der Waals surface area contributed by atoms with Crippen molar-refractivity contribution in [2.75, 3.05) is 0 Å². The van der Waals surface area contributed by atoms with Crippen molar-refractivity contribution < 1.29 is 0 Å². The Morgan fingerprint density at radius 3 is 2.26 bits per heavy atom. The maximum absolute atomic E-state index is 4.89. The standard InChI is InChI=1S/C28H25N3/c1-16-6-9-19(10-7-16)31-24-11-8-17(2)12-20(24)21-13-22-23(14-25(21)31)28(4,5)27-26(22)29-15-18(3)30-27/h6-15H,1-5H3. The van der Waals surface area contributed by atoms with E-state index in [1.807, 2.05) is 13.1 Å². The predicted molar refractivity (Wildman–Crippen MR) is 128 cm³/mol. The van der Waals surface area contributed by atoms with Crippen LogP contribution in [0, 0.1) is 20.8 Å². The van der Waals surface area contributed by atoms with Crippen LogP contribution < -0.4 is 0 Å². The van der Waals surface area contributed by atoms with Crippen molar-refractivity contribution in [1.29, 1.82) is 0 Å². The second-order valence-corrected chi connectivity index (χ2v) is 9.44. The van der Waals surface area contributed by atoms with Gasteiger partial charge in [0.2, 0.25) is 0 Å². The van der Waals surface area contributed by atoms with Gasteiger partial charge in [0.25, 0.3) is 0 Å². The zero-order valence-corrected chi connectivity index (χ0v) is 18.6. The number of benzene rings is 3. The fourth-order valence-corrected chi connectivity index (χ4v) is 5.10. The molecule has 1 aliphatic carbocycles. The number of aryl methyl sites for hydroxylation is 3. The molecule has 2 heterocycles. The fraction of sp³-hybridized carbons (Fsp3) is 0.214. The van der Waals surface area contributed by atoms with E-state index in [1.54, 1.807) is 0 Å². The molecule has 3 heteroatoms. The number of hydrogen-bond donors (Lipinski definition) is 0. The second-order valence-electron chi connectivity index (χ2n) is 9.44. The Morgan fingerprint density at radius 1 is 0.774 bits per heavy atom. The molecule has 0 unspecified atom stereocenters. The van der Waals surface area contributed by atoms with Crippen LogP contribution >= 0.6 is 0 Å². The summed E-state index contributed by atoms with van der Waals surface area (Å²) in [5, 5.41) is 2.55. The van der Waals surface area contributed by atoms with Crippen LogP contribution in [0.3, 0.4) is 0 Å². The first-order chi connectivity index (χ1) is 14.8. The van der Waals surface area contributed by atoms with Gasteiger partial charge in [-0.05, 0) is 62.7 Å². The summed E-state index contributed by atoms with van der Waals surface area (Å²) in [7, 11) is 0. The van der Waals surface area contributed by atoms with Crippen molar-refractivity contribution in [2.24, 2.45) is 0 Å². The molecule has 5 aromatic rings. The number of aromatic nitrogens is 3. The van der Waals surface area contributed by atoms with Gasteiger partial charge in [0.05, 0.1) is 28.1 Å². The normalized spacial score (nSPS) is 14.2. The maximum Gasteiger partial charge on any atom is 0.0929 e. The lowest BCUT2D eigenvalue weighted by molar-refractivity contribution is 0.632. The Hall–Kier alpha value is -3.46. The van der Waals surface area contributed by atoms with Gasteiger partial charge in [-0.25, -0.2) is 0 Å². The Labute approximate surface area is 182 Å². The van der Waals surface area contributed by atoms with Gasteiger partial charge in [-0.2, -0.15) is 0 Å². The molecule has 31 heavy (non-hydrogen) atoms. The minimum atomic E-state index is -0.178. The molecule has 0 aliphatic heterocycles. The van der Waals surface area contributed by atoms with E-state index in [4.69, 9.17) is 9.97 Å². The summed E-state index contributed by atoms with van der Waals surface area (Å²) in [4.78, 5) is 9.70. The van der Waals surface area contributed by atoms with Gasteiger partial charge >= 0.3 is 0 Å². The minimum Gasteiger partial charge on any atom is -0.309 e. The molecule has 0 N–H and O–H groups in total. The first kappa shape index (κ1) is 18.3. The van der Waals surface area contributed by atoms with Gasteiger partial charge in [-0.3, -0.25) is 9.97 Å². The highest BCUT2D eigenvalue weighted by Crippen LogP contribution is 2.49. The molecule has 152 valence electrons. The summed E-state index contributed by atoms with van der Waals surface area (Å²) >= 11 is 0. The topological polar surface area (TPSA) is 30.7 Å². The summed E-state index contributed by atoms with van der Waals surface area (Å²) in [6.07, 6.45) is 1.88. The molecule has 0 saturated carbocycles. The number of fused-ring (bicyclic) bond motifs is 6. The zero-order chi connectivity index (χ0) is 21.5. The van der Waals surface area contributed by atoms with Crippen LogP contribution in [0.4, 0.5) is 0 Å². The average Bonchev–Trinajstić information content (AvgIpc) is 3.16. The summed E-state index contributed by atoms with van der Waals surface area (Å²) in [6, 6.07) is 20.3. The monoisotopic (exact) mass is 403 g/mol. The molecule has 0 spiro atoms. The Morgan fingerprint density at radius 2 is 1.48 bits per heavy atom. The second kappa shape index (κ2) is 6.04. The Kier molecular flexibility index (Phi) is 3.57. The Balaban J connectivity index is 1.76. The lowest BCUT2D eigenvalue weighted by atomic mass is 9.85. The third-order valence-corrected chi connectivity index (χ3v) is 6.77. The largest absolute Gasteiger partial charge is 0.309 e. The van der Waals surface area contributed by atoms with Crippen LogP contribution in [0.25, 0.3) is 38.8 Å². The third kappa shape index (κ3) is 2.46. The molecule has 0 radical (unpaired) electrons. The molecule has 6 rings (SSSR count). The van der Waals surface area contributed by atoms with Crippen molar-refractivity contribution in [2.45, 2.75) is 40.0 Å². The quantitative estimate of drug-likeness (QED) is 0.308. The average molecular weight is 404 g/mol. The highest BCUT2D eigenvalue weighted by Gasteiger charge is 2.39. The van der Waals surface area contributed by atoms with E-state index < -0.39 is 0 Å². The van der Waals surface area contributed by atoms with Crippen LogP contribution in [0.15, 0.2) is 60.8 Å². The lowest BCUT2D eigenvalue weighted by Crippen LogP contribution is -2.17. The zero-order valence-electron chi connectivity index (χ0n) is 18.6. The van der Waals surface area contributed by atoms with E-state index in [9.17, 15) is 0 Å². The number of hydrogen-bond acceptors (Lipinski definition) is 2. The molecule has 2 aromatic heterocycles. The predicted octanol–water partition coefficient (Wildman–Crippen LogP) is 6.81. The van der Waals surface area contributed by atoms with Gasteiger partial charge in [-0.15, -0.1) is 0 Å². The van der Waals surface area contributed by atoms with Crippen molar-refractivity contribution in [3.63, 3.8) is 0 Å². The van der Waals surface area contributed by atoms with Gasteiger partial charge < -0.3 is 4.57 Å². The fourth-order valence-electron chi connectivity index (χ4n) is 5.10.